The second-order valence-electron chi connectivity index (χ2n) is 4.84. The Kier molecular flexibility index (Phi) is 5.08. The molecule has 0 aromatic heterocycles. The minimum absolute atomic E-state index is 0.178. The Morgan fingerprint density at radius 1 is 1.00 bits per heavy atom. The highest BCUT2D eigenvalue weighted by atomic mass is 35.5. The van der Waals surface area contributed by atoms with Gasteiger partial charge in [0.2, 0.25) is 0 Å². The van der Waals surface area contributed by atoms with Crippen molar-refractivity contribution in [1.82, 2.24) is 0 Å². The molecular formula is C18H21ClO. The van der Waals surface area contributed by atoms with Crippen LogP contribution in [0, 0.1) is 0 Å². The summed E-state index contributed by atoms with van der Waals surface area (Å²) in [5.41, 5.74) is 4.93. The van der Waals surface area contributed by atoms with Crippen molar-refractivity contribution < 1.29 is 4.74 Å². The van der Waals surface area contributed by atoms with Gasteiger partial charge in [-0.05, 0) is 35.6 Å². The van der Waals surface area contributed by atoms with Gasteiger partial charge in [-0.3, -0.25) is 0 Å². The van der Waals surface area contributed by atoms with Gasteiger partial charge >= 0.3 is 0 Å². The molecule has 1 atom stereocenters. The molecule has 0 spiro atoms. The van der Waals surface area contributed by atoms with E-state index in [2.05, 4.69) is 32.0 Å². The lowest BCUT2D eigenvalue weighted by Crippen LogP contribution is -2.00. The number of halogens is 1. The van der Waals surface area contributed by atoms with Crippen molar-refractivity contribution in [2.45, 2.75) is 32.1 Å². The van der Waals surface area contributed by atoms with E-state index < -0.39 is 0 Å². The highest BCUT2D eigenvalue weighted by Gasteiger charge is 2.16. The summed E-state index contributed by atoms with van der Waals surface area (Å²) in [7, 11) is 1.68. The molecular weight excluding hydrogens is 268 g/mol. The largest absolute Gasteiger partial charge is 0.496 e. The Bertz CT molecular complexity index is 577. The molecule has 2 heteroatoms. The summed E-state index contributed by atoms with van der Waals surface area (Å²) < 4.78 is 5.40. The average molecular weight is 289 g/mol. The maximum Gasteiger partial charge on any atom is 0.123 e. The molecule has 1 unspecified atom stereocenters. The van der Waals surface area contributed by atoms with Gasteiger partial charge in [-0.2, -0.15) is 0 Å². The molecule has 0 aliphatic heterocycles. The van der Waals surface area contributed by atoms with Crippen molar-refractivity contribution >= 4 is 11.6 Å². The lowest BCUT2D eigenvalue weighted by atomic mass is 9.96. The number of benzene rings is 2. The van der Waals surface area contributed by atoms with Crippen molar-refractivity contribution in [3.05, 3.63) is 64.7 Å². The number of rotatable bonds is 5. The summed E-state index contributed by atoms with van der Waals surface area (Å²) in [4.78, 5) is 0. The first-order valence-electron chi connectivity index (χ1n) is 7.09. The fourth-order valence-corrected chi connectivity index (χ4v) is 2.85. The van der Waals surface area contributed by atoms with E-state index in [-0.39, 0.29) is 5.38 Å². The molecule has 0 fully saturated rings. The van der Waals surface area contributed by atoms with Crippen molar-refractivity contribution in [3.63, 3.8) is 0 Å². The Morgan fingerprint density at radius 2 is 1.70 bits per heavy atom. The van der Waals surface area contributed by atoms with Crippen LogP contribution in [0.2, 0.25) is 0 Å². The molecule has 2 aromatic carbocycles. The van der Waals surface area contributed by atoms with Gasteiger partial charge in [0.15, 0.2) is 0 Å². The summed E-state index contributed by atoms with van der Waals surface area (Å²) >= 11 is 6.66. The minimum atomic E-state index is -0.178. The smallest absolute Gasteiger partial charge is 0.123 e. The van der Waals surface area contributed by atoms with Crippen LogP contribution in [0.3, 0.4) is 0 Å². The van der Waals surface area contributed by atoms with E-state index in [4.69, 9.17) is 16.3 Å². The van der Waals surface area contributed by atoms with Gasteiger partial charge in [0.25, 0.3) is 0 Å². The van der Waals surface area contributed by atoms with Gasteiger partial charge in [-0.25, -0.2) is 0 Å². The van der Waals surface area contributed by atoms with Crippen LogP contribution in [0.15, 0.2) is 42.5 Å². The third kappa shape index (κ3) is 2.99. The number of hydrogen-bond donors (Lipinski definition) is 0. The van der Waals surface area contributed by atoms with E-state index in [0.29, 0.717) is 0 Å². The van der Waals surface area contributed by atoms with Crippen molar-refractivity contribution in [2.75, 3.05) is 7.11 Å². The zero-order chi connectivity index (χ0) is 14.5. The van der Waals surface area contributed by atoms with Crippen LogP contribution < -0.4 is 4.74 Å². The monoisotopic (exact) mass is 288 g/mol. The Labute approximate surface area is 126 Å². The highest BCUT2D eigenvalue weighted by molar-refractivity contribution is 6.22. The first-order chi connectivity index (χ1) is 9.71. The zero-order valence-electron chi connectivity index (χ0n) is 12.3. The normalized spacial score (nSPS) is 12.2. The second-order valence-corrected chi connectivity index (χ2v) is 5.28. The zero-order valence-corrected chi connectivity index (χ0v) is 13.1. The Hall–Kier alpha value is -1.47. The standard InChI is InChI=1S/C18H21ClO/c1-4-13-10-11-15(12-14(13)5-2)18(19)16-8-6-7-9-17(16)20-3/h6-12,18H,4-5H2,1-3H3. The van der Waals surface area contributed by atoms with Crippen LogP contribution in [0.4, 0.5) is 0 Å². The third-order valence-electron chi connectivity index (χ3n) is 3.70. The van der Waals surface area contributed by atoms with Crippen LogP contribution >= 0.6 is 11.6 Å². The summed E-state index contributed by atoms with van der Waals surface area (Å²) in [6.45, 7) is 4.37. The first kappa shape index (κ1) is 14.9. The molecule has 0 heterocycles. The van der Waals surface area contributed by atoms with Crippen LogP contribution in [0.5, 0.6) is 5.75 Å². The lowest BCUT2D eigenvalue weighted by Gasteiger charge is -2.16. The molecule has 1 nitrogen and oxygen atoms in total. The molecule has 2 aromatic rings. The van der Waals surface area contributed by atoms with Crippen LogP contribution in [-0.4, -0.2) is 7.11 Å². The quantitative estimate of drug-likeness (QED) is 0.692. The molecule has 0 saturated heterocycles. The summed E-state index contributed by atoms with van der Waals surface area (Å²) in [5, 5.41) is -0.178. The maximum atomic E-state index is 6.66. The van der Waals surface area contributed by atoms with Gasteiger partial charge in [0.1, 0.15) is 5.75 Å². The minimum Gasteiger partial charge on any atom is -0.496 e. The highest BCUT2D eigenvalue weighted by Crippen LogP contribution is 2.35. The van der Waals surface area contributed by atoms with E-state index >= 15 is 0 Å². The number of aryl methyl sites for hydroxylation is 2. The fraction of sp³-hybridized carbons (Fsp3) is 0.333. The summed E-state index contributed by atoms with van der Waals surface area (Å²) in [6, 6.07) is 14.5. The summed E-state index contributed by atoms with van der Waals surface area (Å²) in [6.07, 6.45) is 2.09. The molecule has 0 aliphatic rings. The molecule has 2 rings (SSSR count). The molecule has 0 radical (unpaired) electrons. The van der Waals surface area contributed by atoms with Crippen LogP contribution in [0.25, 0.3) is 0 Å². The van der Waals surface area contributed by atoms with E-state index in [1.165, 1.54) is 11.1 Å². The lowest BCUT2D eigenvalue weighted by molar-refractivity contribution is 0.410. The molecule has 0 amide bonds. The molecule has 106 valence electrons. The van der Waals surface area contributed by atoms with Gasteiger partial charge in [0, 0.05) is 5.56 Å². The van der Waals surface area contributed by atoms with Gasteiger partial charge in [0.05, 0.1) is 12.5 Å². The first-order valence-corrected chi connectivity index (χ1v) is 7.53. The predicted octanol–water partition coefficient (Wildman–Crippen LogP) is 5.15. The number of alkyl halides is 1. The summed E-state index contributed by atoms with van der Waals surface area (Å²) in [5.74, 6) is 0.838. The number of para-hydroxylation sites is 1. The van der Waals surface area contributed by atoms with Crippen molar-refractivity contribution in [2.24, 2.45) is 0 Å². The number of hydrogen-bond acceptors (Lipinski definition) is 1. The van der Waals surface area contributed by atoms with Crippen molar-refractivity contribution in [1.29, 1.82) is 0 Å². The Morgan fingerprint density at radius 3 is 2.35 bits per heavy atom. The average Bonchev–Trinajstić information content (AvgIpc) is 2.53. The van der Waals surface area contributed by atoms with Crippen molar-refractivity contribution in [3.8, 4) is 5.75 Å². The molecule has 0 bridgehead atoms. The topological polar surface area (TPSA) is 9.23 Å². The van der Waals surface area contributed by atoms with E-state index in [1.54, 1.807) is 7.11 Å². The van der Waals surface area contributed by atoms with Gasteiger partial charge in [-0.1, -0.05) is 50.2 Å². The van der Waals surface area contributed by atoms with Gasteiger partial charge < -0.3 is 4.74 Å². The molecule has 0 N–H and O–H groups in total. The second kappa shape index (κ2) is 6.81. The van der Waals surface area contributed by atoms with Gasteiger partial charge in [-0.15, -0.1) is 11.6 Å². The maximum absolute atomic E-state index is 6.66. The van der Waals surface area contributed by atoms with E-state index in [0.717, 1.165) is 29.7 Å². The SMILES string of the molecule is CCc1ccc(C(Cl)c2ccccc2OC)cc1CC. The van der Waals surface area contributed by atoms with Crippen LogP contribution in [0.1, 0.15) is 41.5 Å². The van der Waals surface area contributed by atoms with E-state index in [9.17, 15) is 0 Å². The molecule has 0 saturated carbocycles. The number of methoxy groups -OCH3 is 1. The third-order valence-corrected chi connectivity index (χ3v) is 4.18. The molecule has 0 aliphatic carbocycles. The van der Waals surface area contributed by atoms with E-state index in [1.807, 2.05) is 24.3 Å². The fourth-order valence-electron chi connectivity index (χ4n) is 2.53. The Balaban J connectivity index is 2.40. The predicted molar refractivity (Wildman–Crippen MR) is 85.9 cm³/mol. The number of ether oxygens (including phenoxy) is 1. The molecule has 20 heavy (non-hydrogen) atoms. The van der Waals surface area contributed by atoms with Crippen LogP contribution in [-0.2, 0) is 12.8 Å².